The van der Waals surface area contributed by atoms with E-state index in [0.717, 1.165) is 30.4 Å². The molecule has 162 valence electrons. The van der Waals surface area contributed by atoms with Crippen LogP contribution in [0.4, 0.5) is 0 Å². The summed E-state index contributed by atoms with van der Waals surface area (Å²) in [4.78, 5) is 12.7. The van der Waals surface area contributed by atoms with Gasteiger partial charge in [-0.1, -0.05) is 56.2 Å². The second-order valence-corrected chi connectivity index (χ2v) is 7.92. The molecule has 5 nitrogen and oxygen atoms in total. The SMILES string of the molecule is CCOc1cc(/C=C(\C#N)C(=O)N[C@H]2CCCC[C@@H]2C)ccc1OCc1ccccc1. The lowest BCUT2D eigenvalue weighted by molar-refractivity contribution is -0.118. The molecule has 1 aliphatic rings. The zero-order chi connectivity index (χ0) is 22.1. The second-order valence-electron chi connectivity index (χ2n) is 7.92. The summed E-state index contributed by atoms with van der Waals surface area (Å²) in [5.41, 5.74) is 1.88. The van der Waals surface area contributed by atoms with Crippen LogP contribution in [0.5, 0.6) is 11.5 Å². The minimum Gasteiger partial charge on any atom is -0.490 e. The van der Waals surface area contributed by atoms with Crippen LogP contribution in [0.1, 0.15) is 50.7 Å². The molecule has 0 aliphatic heterocycles. The van der Waals surface area contributed by atoms with E-state index in [0.29, 0.717) is 30.6 Å². The highest BCUT2D eigenvalue weighted by molar-refractivity contribution is 6.01. The first-order valence-electron chi connectivity index (χ1n) is 11.0. The maximum atomic E-state index is 12.7. The first-order chi connectivity index (χ1) is 15.1. The lowest BCUT2D eigenvalue weighted by Crippen LogP contribution is -2.41. The van der Waals surface area contributed by atoms with Crippen molar-refractivity contribution in [1.82, 2.24) is 5.32 Å². The Labute approximate surface area is 184 Å². The molecule has 2 aromatic carbocycles. The second kappa shape index (κ2) is 11.2. The van der Waals surface area contributed by atoms with Crippen LogP contribution in [0.2, 0.25) is 0 Å². The summed E-state index contributed by atoms with van der Waals surface area (Å²) in [7, 11) is 0. The Morgan fingerprint density at radius 2 is 1.90 bits per heavy atom. The Hall–Kier alpha value is -3.26. The van der Waals surface area contributed by atoms with Gasteiger partial charge in [-0.05, 0) is 55.0 Å². The summed E-state index contributed by atoms with van der Waals surface area (Å²) < 4.78 is 11.7. The number of amides is 1. The molecule has 3 rings (SSSR count). The summed E-state index contributed by atoms with van der Waals surface area (Å²) in [5, 5.41) is 12.6. The normalized spacial score (nSPS) is 18.7. The molecule has 0 bridgehead atoms. The van der Waals surface area contributed by atoms with Crippen molar-refractivity contribution in [3.8, 4) is 17.6 Å². The third-order valence-electron chi connectivity index (χ3n) is 5.61. The van der Waals surface area contributed by atoms with Crippen LogP contribution >= 0.6 is 0 Å². The zero-order valence-corrected chi connectivity index (χ0v) is 18.3. The molecular formula is C26H30N2O3. The van der Waals surface area contributed by atoms with Crippen molar-refractivity contribution >= 4 is 12.0 Å². The van der Waals surface area contributed by atoms with Crippen molar-refractivity contribution in [3.63, 3.8) is 0 Å². The summed E-state index contributed by atoms with van der Waals surface area (Å²) >= 11 is 0. The Morgan fingerprint density at radius 1 is 1.13 bits per heavy atom. The highest BCUT2D eigenvalue weighted by Gasteiger charge is 2.24. The zero-order valence-electron chi connectivity index (χ0n) is 18.3. The Morgan fingerprint density at radius 3 is 2.61 bits per heavy atom. The quantitative estimate of drug-likeness (QED) is 0.468. The molecular weight excluding hydrogens is 388 g/mol. The Kier molecular flexibility index (Phi) is 8.12. The van der Waals surface area contributed by atoms with Crippen LogP contribution in [0, 0.1) is 17.2 Å². The van der Waals surface area contributed by atoms with Crippen molar-refractivity contribution < 1.29 is 14.3 Å². The number of nitrogens with zero attached hydrogens (tertiary/aromatic N) is 1. The van der Waals surface area contributed by atoms with Gasteiger partial charge in [0.1, 0.15) is 18.2 Å². The molecule has 0 spiro atoms. The van der Waals surface area contributed by atoms with Crippen LogP contribution < -0.4 is 14.8 Å². The van der Waals surface area contributed by atoms with E-state index in [1.807, 2.05) is 55.5 Å². The van der Waals surface area contributed by atoms with Crippen LogP contribution in [0.3, 0.4) is 0 Å². The standard InChI is InChI=1S/C26H30N2O3/c1-3-30-25-16-21(13-14-24(25)31-18-20-10-5-4-6-11-20)15-22(17-27)26(29)28-23-12-8-7-9-19(23)2/h4-6,10-11,13-16,19,23H,3,7-9,12,18H2,1-2H3,(H,28,29)/b22-15+/t19-,23-/m0/s1. The topological polar surface area (TPSA) is 71.3 Å². The van der Waals surface area contributed by atoms with Gasteiger partial charge in [0.05, 0.1) is 6.61 Å². The molecule has 1 saturated carbocycles. The van der Waals surface area contributed by atoms with Gasteiger partial charge in [0.15, 0.2) is 11.5 Å². The van der Waals surface area contributed by atoms with E-state index in [4.69, 9.17) is 9.47 Å². The Bertz CT molecular complexity index is 947. The first-order valence-corrected chi connectivity index (χ1v) is 11.0. The first kappa shape index (κ1) is 22.4. The predicted molar refractivity (Wildman–Crippen MR) is 122 cm³/mol. The highest BCUT2D eigenvalue weighted by atomic mass is 16.5. The largest absolute Gasteiger partial charge is 0.490 e. The van der Waals surface area contributed by atoms with Gasteiger partial charge < -0.3 is 14.8 Å². The minimum atomic E-state index is -0.316. The number of hydrogen-bond donors (Lipinski definition) is 1. The van der Waals surface area contributed by atoms with E-state index in [2.05, 4.69) is 12.2 Å². The van der Waals surface area contributed by atoms with E-state index in [9.17, 15) is 10.1 Å². The van der Waals surface area contributed by atoms with Crippen LogP contribution in [-0.4, -0.2) is 18.6 Å². The van der Waals surface area contributed by atoms with E-state index in [1.54, 1.807) is 12.1 Å². The average Bonchev–Trinajstić information content (AvgIpc) is 2.79. The lowest BCUT2D eigenvalue weighted by Gasteiger charge is -2.29. The number of carbonyl (C=O) groups is 1. The molecule has 0 saturated heterocycles. The third kappa shape index (κ3) is 6.36. The summed E-state index contributed by atoms with van der Waals surface area (Å²) in [6.07, 6.45) is 6.00. The monoisotopic (exact) mass is 418 g/mol. The van der Waals surface area contributed by atoms with Crippen molar-refractivity contribution in [1.29, 1.82) is 5.26 Å². The molecule has 0 unspecified atom stereocenters. The number of carbonyl (C=O) groups excluding carboxylic acids is 1. The maximum Gasteiger partial charge on any atom is 0.262 e. The number of nitriles is 1. The average molecular weight is 419 g/mol. The summed E-state index contributed by atoms with van der Waals surface area (Å²) in [6, 6.07) is 17.5. The number of ether oxygens (including phenoxy) is 2. The van der Waals surface area contributed by atoms with Crippen molar-refractivity contribution in [2.24, 2.45) is 5.92 Å². The predicted octanol–water partition coefficient (Wildman–Crippen LogP) is 5.27. The van der Waals surface area contributed by atoms with Crippen LogP contribution in [0.25, 0.3) is 6.08 Å². The smallest absolute Gasteiger partial charge is 0.262 e. The van der Waals surface area contributed by atoms with E-state index in [-0.39, 0.29) is 17.5 Å². The fraction of sp³-hybridized carbons (Fsp3) is 0.385. The minimum absolute atomic E-state index is 0.0955. The number of nitrogens with one attached hydrogen (secondary N) is 1. The van der Waals surface area contributed by atoms with E-state index < -0.39 is 0 Å². The molecule has 0 radical (unpaired) electrons. The Balaban J connectivity index is 1.73. The van der Waals surface area contributed by atoms with Crippen molar-refractivity contribution in [2.45, 2.75) is 52.2 Å². The molecule has 0 heterocycles. The van der Waals surface area contributed by atoms with Gasteiger partial charge in [0.25, 0.3) is 5.91 Å². The van der Waals surface area contributed by atoms with Gasteiger partial charge in [0.2, 0.25) is 0 Å². The van der Waals surface area contributed by atoms with Gasteiger partial charge in [-0.3, -0.25) is 4.79 Å². The molecule has 1 amide bonds. The molecule has 31 heavy (non-hydrogen) atoms. The van der Waals surface area contributed by atoms with Crippen LogP contribution in [-0.2, 0) is 11.4 Å². The van der Waals surface area contributed by atoms with Gasteiger partial charge in [-0.25, -0.2) is 0 Å². The molecule has 1 aliphatic carbocycles. The van der Waals surface area contributed by atoms with Crippen molar-refractivity contribution in [2.75, 3.05) is 6.61 Å². The fourth-order valence-corrected chi connectivity index (χ4v) is 3.83. The van der Waals surface area contributed by atoms with Gasteiger partial charge >= 0.3 is 0 Å². The lowest BCUT2D eigenvalue weighted by atomic mass is 9.86. The number of benzene rings is 2. The third-order valence-corrected chi connectivity index (χ3v) is 5.61. The maximum absolute atomic E-state index is 12.7. The van der Waals surface area contributed by atoms with Crippen molar-refractivity contribution in [3.05, 3.63) is 65.2 Å². The highest BCUT2D eigenvalue weighted by Crippen LogP contribution is 2.30. The van der Waals surface area contributed by atoms with E-state index >= 15 is 0 Å². The number of hydrogen-bond acceptors (Lipinski definition) is 4. The molecule has 1 N–H and O–H groups in total. The molecule has 0 aromatic heterocycles. The number of rotatable bonds is 8. The molecule has 5 heteroatoms. The summed E-state index contributed by atoms with van der Waals surface area (Å²) in [6.45, 7) is 4.98. The summed E-state index contributed by atoms with van der Waals surface area (Å²) in [5.74, 6) is 1.33. The molecule has 2 aromatic rings. The fourth-order valence-electron chi connectivity index (χ4n) is 3.83. The van der Waals surface area contributed by atoms with Crippen LogP contribution in [0.15, 0.2) is 54.1 Å². The van der Waals surface area contributed by atoms with Gasteiger partial charge in [0, 0.05) is 6.04 Å². The molecule has 1 fully saturated rings. The van der Waals surface area contributed by atoms with E-state index in [1.165, 1.54) is 6.42 Å². The van der Waals surface area contributed by atoms with Gasteiger partial charge in [-0.15, -0.1) is 0 Å². The molecule has 2 atom stereocenters. The van der Waals surface area contributed by atoms with Gasteiger partial charge in [-0.2, -0.15) is 5.26 Å².